The summed E-state index contributed by atoms with van der Waals surface area (Å²) in [6, 6.07) is 18.0. The number of benzene rings is 3. The van der Waals surface area contributed by atoms with E-state index in [2.05, 4.69) is 41.5 Å². The Labute approximate surface area is 214 Å². The maximum absolute atomic E-state index is 13.2. The van der Waals surface area contributed by atoms with Crippen molar-refractivity contribution < 1.29 is 19.2 Å². The molecular weight excluding hydrogens is 472 g/mol. The lowest BCUT2D eigenvalue weighted by molar-refractivity contribution is -0.384. The normalized spacial score (nSPS) is 15.3. The molecule has 2 aliphatic rings. The number of hydrogen-bond donors (Lipinski definition) is 2. The second-order valence-corrected chi connectivity index (χ2v) is 8.83. The Morgan fingerprint density at radius 1 is 1.00 bits per heavy atom. The molecule has 1 amide bonds. The Hall–Kier alpha value is -4.37. The fraction of sp³-hybridized carbons (Fsp3) is 0.250. The minimum atomic E-state index is -0.478. The largest absolute Gasteiger partial charge is 0.486 e. The van der Waals surface area contributed by atoms with E-state index in [1.165, 1.54) is 17.7 Å². The summed E-state index contributed by atoms with van der Waals surface area (Å²) < 4.78 is 11.5. The Balaban J connectivity index is 1.57. The molecule has 0 aliphatic carbocycles. The van der Waals surface area contributed by atoms with Crippen LogP contribution in [0.5, 0.6) is 11.5 Å². The number of hydrogen-bond acceptors (Lipinski definition) is 7. The molecule has 0 saturated heterocycles. The third-order valence-electron chi connectivity index (χ3n) is 6.56. The van der Waals surface area contributed by atoms with E-state index < -0.39 is 4.92 Å². The van der Waals surface area contributed by atoms with Gasteiger partial charge in [0.2, 0.25) is 0 Å². The number of fused-ring (bicyclic) bond motifs is 2. The van der Waals surface area contributed by atoms with E-state index in [-0.39, 0.29) is 11.6 Å². The molecule has 2 aliphatic heterocycles. The first-order chi connectivity index (χ1) is 18.0. The molecule has 0 saturated carbocycles. The van der Waals surface area contributed by atoms with Gasteiger partial charge in [-0.25, -0.2) is 0 Å². The highest BCUT2D eigenvalue weighted by Gasteiger charge is 2.30. The molecule has 0 radical (unpaired) electrons. The first kappa shape index (κ1) is 24.3. The SMILES string of the molecule is CCN(CC)Cc1ccc(NC(=C2C(=O)Nc3cc([N+](=O)[O-])ccc32)c2ccc3c(c2)OCCO3)cc1. The molecule has 190 valence electrons. The van der Waals surface area contributed by atoms with Crippen LogP contribution in [-0.4, -0.2) is 42.0 Å². The lowest BCUT2D eigenvalue weighted by Crippen LogP contribution is -2.22. The number of anilines is 2. The molecule has 0 atom stereocenters. The van der Waals surface area contributed by atoms with Gasteiger partial charge >= 0.3 is 0 Å². The molecule has 2 N–H and O–H groups in total. The van der Waals surface area contributed by atoms with Gasteiger partial charge in [0, 0.05) is 35.5 Å². The zero-order valence-electron chi connectivity index (χ0n) is 20.7. The van der Waals surface area contributed by atoms with Crippen molar-refractivity contribution in [3.05, 3.63) is 87.5 Å². The standard InChI is InChI=1S/C28H28N4O5/c1-3-31(4-2)17-18-5-8-20(9-6-18)29-27(19-7-12-24-25(15-19)37-14-13-36-24)26-22-11-10-21(32(34)35)16-23(22)30-28(26)33/h5-12,15-16,29H,3-4,13-14,17H2,1-2H3,(H,30,33). The van der Waals surface area contributed by atoms with Crippen molar-refractivity contribution in [3.63, 3.8) is 0 Å². The number of ether oxygens (including phenoxy) is 2. The maximum atomic E-state index is 13.2. The third kappa shape index (κ3) is 4.99. The highest BCUT2D eigenvalue weighted by atomic mass is 16.6. The van der Waals surface area contributed by atoms with Gasteiger partial charge in [-0.1, -0.05) is 26.0 Å². The molecule has 0 unspecified atom stereocenters. The minimum absolute atomic E-state index is 0.0853. The van der Waals surface area contributed by atoms with E-state index in [0.29, 0.717) is 47.2 Å². The van der Waals surface area contributed by atoms with E-state index >= 15 is 0 Å². The molecule has 3 aromatic rings. The van der Waals surface area contributed by atoms with Gasteiger partial charge < -0.3 is 20.1 Å². The summed E-state index contributed by atoms with van der Waals surface area (Å²) in [7, 11) is 0. The van der Waals surface area contributed by atoms with Crippen LogP contribution in [0.4, 0.5) is 17.1 Å². The van der Waals surface area contributed by atoms with Crippen LogP contribution in [-0.2, 0) is 11.3 Å². The van der Waals surface area contributed by atoms with Crippen LogP contribution in [0, 0.1) is 10.1 Å². The van der Waals surface area contributed by atoms with Crippen LogP contribution in [0.2, 0.25) is 0 Å². The van der Waals surface area contributed by atoms with Gasteiger partial charge in [0.25, 0.3) is 11.6 Å². The number of non-ortho nitro benzene ring substituents is 1. The lowest BCUT2D eigenvalue weighted by atomic mass is 9.99. The predicted octanol–water partition coefficient (Wildman–Crippen LogP) is 5.14. The molecule has 0 bridgehead atoms. The number of rotatable bonds is 8. The van der Waals surface area contributed by atoms with E-state index in [1.54, 1.807) is 6.07 Å². The Bertz CT molecular complexity index is 1380. The number of carbonyl (C=O) groups excluding carboxylic acids is 1. The number of carbonyl (C=O) groups is 1. The Morgan fingerprint density at radius 2 is 1.73 bits per heavy atom. The predicted molar refractivity (Wildman–Crippen MR) is 143 cm³/mol. The zero-order valence-corrected chi connectivity index (χ0v) is 20.7. The monoisotopic (exact) mass is 500 g/mol. The van der Waals surface area contributed by atoms with Gasteiger partial charge in [-0.15, -0.1) is 0 Å². The molecular formula is C28H28N4O5. The van der Waals surface area contributed by atoms with Crippen molar-refractivity contribution in [2.24, 2.45) is 0 Å². The van der Waals surface area contributed by atoms with Crippen LogP contribution in [0.25, 0.3) is 11.3 Å². The summed E-state index contributed by atoms with van der Waals surface area (Å²) in [5, 5.41) is 17.5. The van der Waals surface area contributed by atoms with E-state index in [9.17, 15) is 14.9 Å². The van der Waals surface area contributed by atoms with Gasteiger partial charge in [-0.2, -0.15) is 0 Å². The van der Waals surface area contributed by atoms with E-state index in [4.69, 9.17) is 9.47 Å². The molecule has 0 aromatic heterocycles. The number of nitro benzene ring substituents is 1. The molecule has 37 heavy (non-hydrogen) atoms. The van der Waals surface area contributed by atoms with Crippen LogP contribution in [0.1, 0.15) is 30.5 Å². The van der Waals surface area contributed by atoms with Crippen LogP contribution < -0.4 is 20.1 Å². The van der Waals surface area contributed by atoms with Crippen molar-refractivity contribution in [1.29, 1.82) is 0 Å². The van der Waals surface area contributed by atoms with Gasteiger partial charge in [0.1, 0.15) is 13.2 Å². The fourth-order valence-electron chi connectivity index (χ4n) is 4.54. The first-order valence-electron chi connectivity index (χ1n) is 12.3. The highest BCUT2D eigenvalue weighted by Crippen LogP contribution is 2.41. The molecule has 9 heteroatoms. The van der Waals surface area contributed by atoms with Gasteiger partial charge in [-0.3, -0.25) is 19.8 Å². The number of nitrogens with one attached hydrogen (secondary N) is 2. The summed E-state index contributed by atoms with van der Waals surface area (Å²) in [5.74, 6) is 0.901. The van der Waals surface area contributed by atoms with Gasteiger partial charge in [0.15, 0.2) is 11.5 Å². The van der Waals surface area contributed by atoms with E-state index in [0.717, 1.165) is 30.9 Å². The van der Waals surface area contributed by atoms with Crippen molar-refractivity contribution in [2.75, 3.05) is 36.9 Å². The topological polar surface area (TPSA) is 106 Å². The first-order valence-corrected chi connectivity index (χ1v) is 12.3. The quantitative estimate of drug-likeness (QED) is 0.251. The van der Waals surface area contributed by atoms with Gasteiger partial charge in [-0.05, 0) is 55.1 Å². The summed E-state index contributed by atoms with van der Waals surface area (Å²) in [6.07, 6.45) is 0. The second-order valence-electron chi connectivity index (χ2n) is 8.83. The van der Waals surface area contributed by atoms with Crippen LogP contribution in [0.15, 0.2) is 60.7 Å². The molecule has 5 rings (SSSR count). The molecule has 0 spiro atoms. The highest BCUT2D eigenvalue weighted by molar-refractivity contribution is 6.37. The van der Waals surface area contributed by atoms with Crippen molar-refractivity contribution >= 4 is 34.2 Å². The summed E-state index contributed by atoms with van der Waals surface area (Å²) in [4.78, 5) is 26.3. The average molecular weight is 501 g/mol. The van der Waals surface area contributed by atoms with Crippen molar-refractivity contribution in [1.82, 2.24) is 4.90 Å². The van der Waals surface area contributed by atoms with Crippen LogP contribution >= 0.6 is 0 Å². The average Bonchev–Trinajstić information content (AvgIpc) is 3.25. The number of nitrogens with zero attached hydrogens (tertiary/aromatic N) is 2. The van der Waals surface area contributed by atoms with Crippen molar-refractivity contribution in [3.8, 4) is 11.5 Å². The van der Waals surface area contributed by atoms with Gasteiger partial charge in [0.05, 0.1) is 21.9 Å². The minimum Gasteiger partial charge on any atom is -0.486 e. The Morgan fingerprint density at radius 3 is 2.43 bits per heavy atom. The summed E-state index contributed by atoms with van der Waals surface area (Å²) in [5.41, 5.74) is 4.60. The smallest absolute Gasteiger partial charge is 0.271 e. The van der Waals surface area contributed by atoms with Crippen LogP contribution in [0.3, 0.4) is 0 Å². The third-order valence-corrected chi connectivity index (χ3v) is 6.56. The second kappa shape index (κ2) is 10.3. The summed E-state index contributed by atoms with van der Waals surface area (Å²) >= 11 is 0. The van der Waals surface area contributed by atoms with E-state index in [1.807, 2.05) is 30.3 Å². The number of amides is 1. The molecule has 2 heterocycles. The summed E-state index contributed by atoms with van der Waals surface area (Å²) in [6.45, 7) is 8.02. The number of nitro groups is 1. The molecule has 9 nitrogen and oxygen atoms in total. The fourth-order valence-corrected chi connectivity index (χ4v) is 4.54. The maximum Gasteiger partial charge on any atom is 0.271 e. The zero-order chi connectivity index (χ0) is 25.9. The Kier molecular flexibility index (Phi) is 6.78. The molecule has 0 fully saturated rings. The lowest BCUT2D eigenvalue weighted by Gasteiger charge is -2.21. The van der Waals surface area contributed by atoms with Crippen molar-refractivity contribution in [2.45, 2.75) is 20.4 Å². The molecule has 3 aromatic carbocycles.